The third kappa shape index (κ3) is 4.83. The van der Waals surface area contributed by atoms with E-state index in [-0.39, 0.29) is 18.1 Å². The van der Waals surface area contributed by atoms with Crippen molar-refractivity contribution in [2.24, 2.45) is 10.9 Å². The second-order valence-corrected chi connectivity index (χ2v) is 8.20. The zero-order chi connectivity index (χ0) is 20.9. The van der Waals surface area contributed by atoms with E-state index in [1.165, 1.54) is 0 Å². The zero-order valence-corrected chi connectivity index (χ0v) is 17.6. The highest BCUT2D eigenvalue weighted by Crippen LogP contribution is 2.35. The first-order valence-corrected chi connectivity index (χ1v) is 10.5. The molecule has 1 aliphatic heterocycles. The number of hydrogen-bond donors (Lipinski definition) is 1. The molecule has 0 saturated heterocycles. The molecule has 0 radical (unpaired) electrons. The largest absolute Gasteiger partial charge is 0.459 e. The maximum atomic E-state index is 11.1. The first-order chi connectivity index (χ1) is 14.6. The number of aliphatic imine (C=N–C) groups is 1. The van der Waals surface area contributed by atoms with Gasteiger partial charge in [0, 0.05) is 20.0 Å². The Balaban J connectivity index is 1.43. The topological polar surface area (TPSA) is 63.5 Å². The third-order valence-corrected chi connectivity index (χ3v) is 5.70. The fraction of sp³-hybridized carbons (Fsp3) is 0.458. The molecule has 6 nitrogen and oxygen atoms in total. The lowest BCUT2D eigenvalue weighted by Crippen LogP contribution is -2.54. The summed E-state index contributed by atoms with van der Waals surface area (Å²) < 4.78 is 18.2. The average Bonchev–Trinajstić information content (AvgIpc) is 3.19. The number of aliphatic hydroxyl groups is 1. The molecule has 0 bridgehead atoms. The Kier molecular flexibility index (Phi) is 6.67. The van der Waals surface area contributed by atoms with E-state index in [9.17, 15) is 5.11 Å². The van der Waals surface area contributed by atoms with Crippen LogP contribution < -0.4 is 0 Å². The Labute approximate surface area is 178 Å². The van der Waals surface area contributed by atoms with Crippen LogP contribution in [0.2, 0.25) is 0 Å². The van der Waals surface area contributed by atoms with Crippen molar-refractivity contribution < 1.29 is 19.3 Å². The fourth-order valence-electron chi connectivity index (χ4n) is 4.08. The standard InChI is InChI=1S/C24H30N2O4/c1-26(2)24-25-21-20(30-24)13-19(16-28-14-17-9-5-3-6-10-17)22(27)23(21)29-15-18-11-7-4-8-12-18/h3-12,19-23,27H,13-16H2,1-2H3/t19-,20-,21-,22-,23-/m1/s1. The van der Waals surface area contributed by atoms with Crippen LogP contribution in [0.15, 0.2) is 65.7 Å². The molecular formula is C24H30N2O4. The highest BCUT2D eigenvalue weighted by Gasteiger charge is 2.49. The second kappa shape index (κ2) is 9.60. The van der Waals surface area contributed by atoms with Gasteiger partial charge in [0.25, 0.3) is 6.02 Å². The predicted molar refractivity (Wildman–Crippen MR) is 115 cm³/mol. The molecule has 5 atom stereocenters. The number of fused-ring (bicyclic) bond motifs is 1. The van der Waals surface area contributed by atoms with Gasteiger partial charge < -0.3 is 24.2 Å². The number of aliphatic hydroxyl groups excluding tert-OH is 1. The molecule has 0 amide bonds. The quantitative estimate of drug-likeness (QED) is 0.761. The highest BCUT2D eigenvalue weighted by molar-refractivity contribution is 5.75. The van der Waals surface area contributed by atoms with Gasteiger partial charge in [-0.2, -0.15) is 0 Å². The third-order valence-electron chi connectivity index (χ3n) is 5.70. The molecule has 1 aliphatic carbocycles. The SMILES string of the molecule is CN(C)C1=N[C@H]2[C@@H](OCc3ccccc3)[C@H](O)[C@@H](COCc3ccccc3)C[C@H]2O1. The van der Waals surface area contributed by atoms with E-state index in [1.807, 2.05) is 79.7 Å². The summed E-state index contributed by atoms with van der Waals surface area (Å²) in [6, 6.07) is 20.4. The van der Waals surface area contributed by atoms with E-state index < -0.39 is 12.2 Å². The van der Waals surface area contributed by atoms with Gasteiger partial charge in [-0.25, -0.2) is 4.99 Å². The first kappa shape index (κ1) is 20.8. The summed E-state index contributed by atoms with van der Waals surface area (Å²) in [4.78, 5) is 6.57. The molecule has 6 heteroatoms. The van der Waals surface area contributed by atoms with Gasteiger partial charge in [-0.05, 0) is 17.5 Å². The molecule has 1 fully saturated rings. The van der Waals surface area contributed by atoms with Crippen LogP contribution in [0.1, 0.15) is 17.5 Å². The van der Waals surface area contributed by atoms with Crippen LogP contribution in [0.5, 0.6) is 0 Å². The van der Waals surface area contributed by atoms with Crippen molar-refractivity contribution >= 4 is 6.02 Å². The smallest absolute Gasteiger partial charge is 0.287 e. The molecule has 0 unspecified atom stereocenters. The van der Waals surface area contributed by atoms with Crippen LogP contribution in [0.25, 0.3) is 0 Å². The van der Waals surface area contributed by atoms with Crippen molar-refractivity contribution in [1.29, 1.82) is 0 Å². The molecule has 1 N–H and O–H groups in total. The van der Waals surface area contributed by atoms with Gasteiger partial charge in [-0.15, -0.1) is 0 Å². The van der Waals surface area contributed by atoms with E-state index >= 15 is 0 Å². The second-order valence-electron chi connectivity index (χ2n) is 8.20. The number of rotatable bonds is 7. The van der Waals surface area contributed by atoms with Gasteiger partial charge in [0.15, 0.2) is 0 Å². The predicted octanol–water partition coefficient (Wildman–Crippen LogP) is 2.85. The van der Waals surface area contributed by atoms with Crippen molar-refractivity contribution in [3.05, 3.63) is 71.8 Å². The molecule has 1 heterocycles. The Hall–Kier alpha value is -2.41. The maximum Gasteiger partial charge on any atom is 0.287 e. The lowest BCUT2D eigenvalue weighted by Gasteiger charge is -2.39. The van der Waals surface area contributed by atoms with Crippen LogP contribution in [0.3, 0.4) is 0 Å². The molecule has 0 aromatic heterocycles. The molecule has 2 aromatic carbocycles. The van der Waals surface area contributed by atoms with Gasteiger partial charge in [0.1, 0.15) is 18.2 Å². The van der Waals surface area contributed by atoms with Crippen LogP contribution >= 0.6 is 0 Å². The molecule has 160 valence electrons. The van der Waals surface area contributed by atoms with Crippen LogP contribution in [0, 0.1) is 5.92 Å². The number of nitrogens with zero attached hydrogens (tertiary/aromatic N) is 2. The minimum atomic E-state index is -0.667. The van der Waals surface area contributed by atoms with E-state index in [0.717, 1.165) is 11.1 Å². The lowest BCUT2D eigenvalue weighted by atomic mass is 9.80. The Morgan fingerprint density at radius 1 is 1.00 bits per heavy atom. The van der Waals surface area contributed by atoms with Gasteiger partial charge in [0.2, 0.25) is 0 Å². The van der Waals surface area contributed by atoms with E-state index in [1.54, 1.807) is 0 Å². The van der Waals surface area contributed by atoms with E-state index in [2.05, 4.69) is 0 Å². The fourth-order valence-corrected chi connectivity index (χ4v) is 4.08. The summed E-state index contributed by atoms with van der Waals surface area (Å²) in [5, 5.41) is 11.1. The van der Waals surface area contributed by atoms with Crippen molar-refractivity contribution in [3.8, 4) is 0 Å². The molecular weight excluding hydrogens is 380 g/mol. The first-order valence-electron chi connectivity index (χ1n) is 10.5. The van der Waals surface area contributed by atoms with Gasteiger partial charge >= 0.3 is 0 Å². The lowest BCUT2D eigenvalue weighted by molar-refractivity contribution is -0.134. The molecule has 30 heavy (non-hydrogen) atoms. The summed E-state index contributed by atoms with van der Waals surface area (Å²) in [5.74, 6) is -0.0764. The van der Waals surface area contributed by atoms with Crippen molar-refractivity contribution in [2.45, 2.75) is 44.0 Å². The average molecular weight is 411 g/mol. The molecule has 2 aromatic rings. The number of hydrogen-bond acceptors (Lipinski definition) is 6. The minimum Gasteiger partial charge on any atom is -0.459 e. The van der Waals surface area contributed by atoms with Gasteiger partial charge in [0.05, 0.1) is 25.9 Å². The maximum absolute atomic E-state index is 11.1. The summed E-state index contributed by atoms with van der Waals surface area (Å²) in [5.41, 5.74) is 2.19. The Morgan fingerprint density at radius 2 is 1.63 bits per heavy atom. The monoisotopic (exact) mass is 410 g/mol. The van der Waals surface area contributed by atoms with Gasteiger partial charge in [-0.1, -0.05) is 60.7 Å². The number of amidine groups is 1. The van der Waals surface area contributed by atoms with Crippen molar-refractivity contribution in [1.82, 2.24) is 4.90 Å². The van der Waals surface area contributed by atoms with E-state index in [4.69, 9.17) is 19.2 Å². The molecule has 4 rings (SSSR count). The van der Waals surface area contributed by atoms with Crippen LogP contribution in [0.4, 0.5) is 0 Å². The van der Waals surface area contributed by atoms with Crippen molar-refractivity contribution in [3.63, 3.8) is 0 Å². The Bertz CT molecular complexity index is 828. The zero-order valence-electron chi connectivity index (χ0n) is 17.6. The summed E-state index contributed by atoms with van der Waals surface area (Å²) in [6.07, 6.45) is -0.532. The van der Waals surface area contributed by atoms with Crippen molar-refractivity contribution in [2.75, 3.05) is 20.7 Å². The highest BCUT2D eigenvalue weighted by atomic mass is 16.5. The number of ether oxygens (including phenoxy) is 3. The Morgan fingerprint density at radius 3 is 2.27 bits per heavy atom. The minimum absolute atomic E-state index is 0.0764. The molecule has 0 spiro atoms. The summed E-state index contributed by atoms with van der Waals surface area (Å²) >= 11 is 0. The summed E-state index contributed by atoms with van der Waals surface area (Å²) in [7, 11) is 3.82. The molecule has 2 aliphatic rings. The van der Waals surface area contributed by atoms with Crippen LogP contribution in [-0.4, -0.2) is 61.1 Å². The van der Waals surface area contributed by atoms with Crippen LogP contribution in [-0.2, 0) is 27.4 Å². The summed E-state index contributed by atoms with van der Waals surface area (Å²) in [6.45, 7) is 1.40. The molecule has 1 saturated carbocycles. The number of benzene rings is 2. The van der Waals surface area contributed by atoms with Gasteiger partial charge in [-0.3, -0.25) is 0 Å². The van der Waals surface area contributed by atoms with E-state index in [0.29, 0.717) is 32.3 Å². The normalized spacial score (nSPS) is 27.8.